The van der Waals surface area contributed by atoms with Crippen molar-refractivity contribution < 1.29 is 0 Å². The largest absolute Gasteiger partial charge is 0.0991 e. The number of allylic oxidation sites excluding steroid dienone is 7. The summed E-state index contributed by atoms with van der Waals surface area (Å²) < 4.78 is 0. The highest BCUT2D eigenvalue weighted by molar-refractivity contribution is 5.64. The number of hydrogen-bond acceptors (Lipinski definition) is 0. The van der Waals surface area contributed by atoms with Crippen LogP contribution in [-0.2, 0) is 6.42 Å². The van der Waals surface area contributed by atoms with Gasteiger partial charge in [0.25, 0.3) is 0 Å². The average molecular weight is 555 g/mol. The molecule has 0 unspecified atom stereocenters. The van der Waals surface area contributed by atoms with Crippen molar-refractivity contribution in [3.63, 3.8) is 0 Å². The second-order valence-corrected chi connectivity index (χ2v) is 10.3. The Bertz CT molecular complexity index is 1380. The molecule has 0 heterocycles. The highest BCUT2D eigenvalue weighted by Gasteiger charge is 2.01. The third-order valence-corrected chi connectivity index (χ3v) is 6.28. The van der Waals surface area contributed by atoms with Gasteiger partial charge in [0.15, 0.2) is 0 Å². The first-order valence-electron chi connectivity index (χ1n) is 14.7. The van der Waals surface area contributed by atoms with Crippen LogP contribution in [-0.4, -0.2) is 0 Å². The fourth-order valence-electron chi connectivity index (χ4n) is 3.67. The van der Waals surface area contributed by atoms with Crippen LogP contribution in [0.5, 0.6) is 0 Å². The summed E-state index contributed by atoms with van der Waals surface area (Å²) >= 11 is 0. The van der Waals surface area contributed by atoms with E-state index in [0.717, 1.165) is 18.4 Å². The molecule has 4 aromatic rings. The lowest BCUT2D eigenvalue weighted by Gasteiger charge is -2.07. The Kier molecular flexibility index (Phi) is 18.1. The summed E-state index contributed by atoms with van der Waals surface area (Å²) in [7, 11) is 0. The molecule has 0 aromatic heterocycles. The Morgan fingerprint density at radius 3 is 1.62 bits per heavy atom. The lowest BCUT2D eigenvalue weighted by molar-refractivity contribution is 1.16. The second kappa shape index (κ2) is 21.3. The molecule has 0 nitrogen and oxygen atoms in total. The second-order valence-electron chi connectivity index (χ2n) is 10.3. The maximum Gasteiger partial charge on any atom is -0.00231 e. The van der Waals surface area contributed by atoms with Gasteiger partial charge in [-0.05, 0) is 75.3 Å². The maximum atomic E-state index is 3.60. The third-order valence-electron chi connectivity index (χ3n) is 6.28. The van der Waals surface area contributed by atoms with Gasteiger partial charge in [-0.15, -0.1) is 0 Å². The molecule has 0 aliphatic carbocycles. The van der Waals surface area contributed by atoms with E-state index in [1.165, 1.54) is 44.5 Å². The van der Waals surface area contributed by atoms with Gasteiger partial charge in [-0.2, -0.15) is 0 Å². The number of benzene rings is 4. The Hall–Kier alpha value is -4.42. The Balaban J connectivity index is 0.000000346. The maximum absolute atomic E-state index is 3.60. The molecule has 0 N–H and O–H groups in total. The van der Waals surface area contributed by atoms with Gasteiger partial charge < -0.3 is 0 Å². The van der Waals surface area contributed by atoms with E-state index in [-0.39, 0.29) is 0 Å². The SMILES string of the molecule is C=C/C=C(C)\C=C/CC.C=CC(=C)C.Cc1ccc(-c2ccc(Cc3ccccc3C)cc2)cc1.Cc1ccccc1. The first-order chi connectivity index (χ1) is 20.2. The molecule has 0 bridgehead atoms. The van der Waals surface area contributed by atoms with E-state index in [0.29, 0.717) is 0 Å². The third kappa shape index (κ3) is 16.0. The fraction of sp³-hybridized carbons (Fsp3) is 0.190. The lowest BCUT2D eigenvalue weighted by Crippen LogP contribution is -1.91. The summed E-state index contributed by atoms with van der Waals surface area (Å²) in [5.74, 6) is 0. The predicted octanol–water partition coefficient (Wildman–Crippen LogP) is 12.4. The van der Waals surface area contributed by atoms with Crippen LogP contribution in [0.15, 0.2) is 164 Å². The van der Waals surface area contributed by atoms with E-state index in [4.69, 9.17) is 0 Å². The van der Waals surface area contributed by atoms with Crippen molar-refractivity contribution in [1.82, 2.24) is 0 Å². The Morgan fingerprint density at radius 1 is 0.667 bits per heavy atom. The van der Waals surface area contributed by atoms with Gasteiger partial charge in [-0.25, -0.2) is 0 Å². The molecule has 0 radical (unpaired) electrons. The summed E-state index contributed by atoms with van der Waals surface area (Å²) in [5, 5.41) is 0. The monoisotopic (exact) mass is 554 g/mol. The van der Waals surface area contributed by atoms with Crippen molar-refractivity contribution in [1.29, 1.82) is 0 Å². The van der Waals surface area contributed by atoms with Crippen molar-refractivity contribution in [2.75, 3.05) is 0 Å². The highest BCUT2D eigenvalue weighted by Crippen LogP contribution is 2.22. The summed E-state index contributed by atoms with van der Waals surface area (Å²) in [6.45, 7) is 23.1. The van der Waals surface area contributed by atoms with Gasteiger partial charge in [0.1, 0.15) is 0 Å². The van der Waals surface area contributed by atoms with Gasteiger partial charge in [0, 0.05) is 0 Å². The van der Waals surface area contributed by atoms with Gasteiger partial charge in [-0.3, -0.25) is 0 Å². The summed E-state index contributed by atoms with van der Waals surface area (Å²) in [4.78, 5) is 0. The molecule has 0 saturated heterocycles. The minimum atomic E-state index is 1.00. The van der Waals surface area contributed by atoms with Crippen LogP contribution in [0.2, 0.25) is 0 Å². The topological polar surface area (TPSA) is 0 Å². The predicted molar refractivity (Wildman–Crippen MR) is 190 cm³/mol. The number of aryl methyl sites for hydroxylation is 3. The molecular weight excluding hydrogens is 504 g/mol. The van der Waals surface area contributed by atoms with Crippen LogP contribution in [0.3, 0.4) is 0 Å². The zero-order valence-corrected chi connectivity index (χ0v) is 26.7. The Morgan fingerprint density at radius 2 is 1.17 bits per heavy atom. The van der Waals surface area contributed by atoms with Crippen LogP contribution in [0.1, 0.15) is 55.0 Å². The molecule has 0 fully saturated rings. The van der Waals surface area contributed by atoms with Gasteiger partial charge in [0.05, 0.1) is 0 Å². The van der Waals surface area contributed by atoms with E-state index in [9.17, 15) is 0 Å². The molecule has 4 aromatic carbocycles. The normalized spacial score (nSPS) is 10.2. The summed E-state index contributed by atoms with van der Waals surface area (Å²) in [5.41, 5.74) is 11.6. The molecule has 4 rings (SSSR count). The van der Waals surface area contributed by atoms with Crippen LogP contribution < -0.4 is 0 Å². The first-order valence-corrected chi connectivity index (χ1v) is 14.7. The van der Waals surface area contributed by atoms with E-state index in [1.807, 2.05) is 31.2 Å². The lowest BCUT2D eigenvalue weighted by atomic mass is 9.98. The van der Waals surface area contributed by atoms with Crippen molar-refractivity contribution >= 4 is 0 Å². The molecule has 218 valence electrons. The number of rotatable bonds is 7. The quantitative estimate of drug-likeness (QED) is 0.199. The smallest absolute Gasteiger partial charge is 0.00231 e. The van der Waals surface area contributed by atoms with Crippen molar-refractivity contribution in [3.8, 4) is 11.1 Å². The van der Waals surface area contributed by atoms with E-state index in [1.54, 1.807) is 12.2 Å². The molecule has 0 aliphatic heterocycles. The molecule has 0 heteroatoms. The van der Waals surface area contributed by atoms with Crippen LogP contribution >= 0.6 is 0 Å². The molecular formula is C42H50. The zero-order valence-electron chi connectivity index (χ0n) is 26.7. The van der Waals surface area contributed by atoms with E-state index >= 15 is 0 Å². The molecule has 0 amide bonds. The molecule has 0 saturated carbocycles. The Labute approximate surface area is 257 Å². The molecule has 0 spiro atoms. The van der Waals surface area contributed by atoms with Gasteiger partial charge >= 0.3 is 0 Å². The van der Waals surface area contributed by atoms with Crippen molar-refractivity contribution in [3.05, 3.63) is 192 Å². The van der Waals surface area contributed by atoms with E-state index in [2.05, 4.69) is 151 Å². The van der Waals surface area contributed by atoms with Crippen molar-refractivity contribution in [2.45, 2.75) is 54.4 Å². The van der Waals surface area contributed by atoms with Gasteiger partial charge in [0.2, 0.25) is 0 Å². The fourth-order valence-corrected chi connectivity index (χ4v) is 3.67. The number of hydrogen-bond donors (Lipinski definition) is 0. The average Bonchev–Trinajstić information content (AvgIpc) is 3.00. The summed E-state index contributed by atoms with van der Waals surface area (Å²) in [6, 6.07) is 36.5. The standard InChI is InChI=1S/C21H20.C9H14.C7H8.C5H8/c1-16-7-11-19(12-8-16)20-13-9-18(10-14-20)15-21-6-4-3-5-17(21)2;1-4-6-8-9(3)7-5-2;1-7-5-3-2-4-6-7;1-4-5(2)3/h3-14H,15H2,1-2H3;5-8H,2,4H2,1,3H3;2-6H,1H3;4H,1-2H2,3H3/b;8-6-,9-7-;;. The molecule has 0 atom stereocenters. The molecule has 42 heavy (non-hydrogen) atoms. The minimum Gasteiger partial charge on any atom is -0.0991 e. The van der Waals surface area contributed by atoms with Crippen LogP contribution in [0.4, 0.5) is 0 Å². The van der Waals surface area contributed by atoms with Crippen LogP contribution in [0.25, 0.3) is 11.1 Å². The van der Waals surface area contributed by atoms with E-state index < -0.39 is 0 Å². The first kappa shape index (κ1) is 35.6. The van der Waals surface area contributed by atoms with Crippen molar-refractivity contribution in [2.24, 2.45) is 0 Å². The zero-order chi connectivity index (χ0) is 31.2. The highest BCUT2D eigenvalue weighted by atomic mass is 14.1. The summed E-state index contributed by atoms with van der Waals surface area (Å²) in [6.07, 6.45) is 11.8. The van der Waals surface area contributed by atoms with Gasteiger partial charge in [-0.1, -0.05) is 182 Å². The molecule has 0 aliphatic rings. The van der Waals surface area contributed by atoms with Crippen LogP contribution in [0, 0.1) is 20.8 Å². The minimum absolute atomic E-state index is 1.00.